The van der Waals surface area contributed by atoms with Crippen LogP contribution in [-0.2, 0) is 14.9 Å². The monoisotopic (exact) mass is 454 g/mol. The zero-order chi connectivity index (χ0) is 21.3. The van der Waals surface area contributed by atoms with Crippen molar-refractivity contribution in [2.24, 2.45) is 0 Å². The minimum atomic E-state index is -4.23. The first-order valence-electron chi connectivity index (χ1n) is 8.11. The Bertz CT molecular complexity index is 1150. The van der Waals surface area contributed by atoms with Crippen LogP contribution in [-0.4, -0.2) is 45.3 Å². The Kier molecular flexibility index (Phi) is 5.89. The van der Waals surface area contributed by atoms with Crippen molar-refractivity contribution in [1.82, 2.24) is 4.90 Å². The number of benzene rings is 1. The molecule has 1 aromatic heterocycles. The van der Waals surface area contributed by atoms with Gasteiger partial charge in [0.05, 0.1) is 21.1 Å². The normalized spacial score (nSPS) is 16.1. The predicted octanol–water partition coefficient (Wildman–Crippen LogP) is 3.25. The second kappa shape index (κ2) is 8.06. The summed E-state index contributed by atoms with van der Waals surface area (Å²) in [4.78, 5) is 24.5. The van der Waals surface area contributed by atoms with Crippen LogP contribution in [0.1, 0.15) is 11.3 Å². The van der Waals surface area contributed by atoms with Crippen molar-refractivity contribution in [3.8, 4) is 11.3 Å². The standard InChI is InChI=1S/C17H14N2O7S3/c1-10-2-4-12(13(8-10)19(21)22)14-5-3-11(26-14)9-15-16(20)18(17(27)28-15)6-7-29(23,24)25/h2-5,8-9H,6-7H2,1H3,(H,23,24,25). The van der Waals surface area contributed by atoms with Gasteiger partial charge in [0.25, 0.3) is 21.7 Å². The van der Waals surface area contributed by atoms with E-state index in [2.05, 4.69) is 0 Å². The molecule has 0 bridgehead atoms. The summed E-state index contributed by atoms with van der Waals surface area (Å²) >= 11 is 6.05. The van der Waals surface area contributed by atoms with Crippen molar-refractivity contribution in [3.63, 3.8) is 0 Å². The minimum absolute atomic E-state index is 0.0950. The van der Waals surface area contributed by atoms with Crippen LogP contribution in [0.25, 0.3) is 17.4 Å². The predicted molar refractivity (Wildman–Crippen MR) is 112 cm³/mol. The lowest BCUT2D eigenvalue weighted by atomic mass is 10.1. The molecular formula is C17H14N2O7S3. The molecule has 29 heavy (non-hydrogen) atoms. The van der Waals surface area contributed by atoms with E-state index in [1.165, 1.54) is 12.1 Å². The number of hydrogen-bond acceptors (Lipinski definition) is 8. The van der Waals surface area contributed by atoms with E-state index in [-0.39, 0.29) is 33.0 Å². The summed E-state index contributed by atoms with van der Waals surface area (Å²) in [6, 6.07) is 7.87. The lowest BCUT2D eigenvalue weighted by molar-refractivity contribution is -0.384. The first-order valence-corrected chi connectivity index (χ1v) is 10.9. The second-order valence-electron chi connectivity index (χ2n) is 6.10. The highest BCUT2D eigenvalue weighted by atomic mass is 32.2. The fourth-order valence-corrected chi connectivity index (χ4v) is 4.31. The highest BCUT2D eigenvalue weighted by Crippen LogP contribution is 2.35. The van der Waals surface area contributed by atoms with Crippen molar-refractivity contribution in [3.05, 3.63) is 56.7 Å². The fourth-order valence-electron chi connectivity index (χ4n) is 2.60. The average Bonchev–Trinajstić information content (AvgIpc) is 3.18. The maximum absolute atomic E-state index is 12.4. The summed E-state index contributed by atoms with van der Waals surface area (Å²) in [5, 5.41) is 11.3. The second-order valence-corrected chi connectivity index (χ2v) is 9.35. The number of thiocarbonyl (C=S) groups is 1. The molecule has 1 aliphatic rings. The number of nitro groups is 1. The van der Waals surface area contributed by atoms with Crippen molar-refractivity contribution < 1.29 is 27.1 Å². The number of thioether (sulfide) groups is 1. The molecule has 0 aliphatic carbocycles. The maximum atomic E-state index is 12.4. The quantitative estimate of drug-likeness (QED) is 0.230. The number of rotatable bonds is 6. The molecule has 1 aliphatic heterocycles. The molecule has 1 aromatic carbocycles. The van der Waals surface area contributed by atoms with Crippen molar-refractivity contribution in [2.75, 3.05) is 12.3 Å². The van der Waals surface area contributed by atoms with Crippen LogP contribution in [0.15, 0.2) is 39.7 Å². The smallest absolute Gasteiger partial charge is 0.280 e. The minimum Gasteiger partial charge on any atom is -0.456 e. The van der Waals surface area contributed by atoms with E-state index in [0.717, 1.165) is 22.2 Å². The third-order valence-corrected chi connectivity index (χ3v) is 6.04. The lowest BCUT2D eigenvalue weighted by Gasteiger charge is -2.12. The van der Waals surface area contributed by atoms with Gasteiger partial charge in [-0.1, -0.05) is 30.0 Å². The van der Waals surface area contributed by atoms with Gasteiger partial charge < -0.3 is 4.42 Å². The topological polar surface area (TPSA) is 131 Å². The Morgan fingerprint density at radius 1 is 1.34 bits per heavy atom. The number of carbonyl (C=O) groups excluding carboxylic acids is 1. The number of nitrogens with zero attached hydrogens (tertiary/aromatic N) is 2. The lowest BCUT2D eigenvalue weighted by Crippen LogP contribution is -2.32. The Balaban J connectivity index is 1.85. The first-order chi connectivity index (χ1) is 13.5. The molecular weight excluding hydrogens is 440 g/mol. The maximum Gasteiger partial charge on any atom is 0.280 e. The van der Waals surface area contributed by atoms with E-state index < -0.39 is 26.7 Å². The van der Waals surface area contributed by atoms with Gasteiger partial charge >= 0.3 is 0 Å². The summed E-state index contributed by atoms with van der Waals surface area (Å²) in [6.45, 7) is 1.48. The molecule has 0 atom stereocenters. The number of aryl methyl sites for hydroxylation is 1. The van der Waals surface area contributed by atoms with Crippen LogP contribution < -0.4 is 0 Å². The van der Waals surface area contributed by atoms with Crippen LogP contribution in [0, 0.1) is 17.0 Å². The third-order valence-electron chi connectivity index (χ3n) is 3.96. The molecule has 3 rings (SSSR count). The van der Waals surface area contributed by atoms with Gasteiger partial charge in [0, 0.05) is 18.7 Å². The Hall–Kier alpha value is -2.54. The molecule has 0 saturated carbocycles. The number of amides is 1. The molecule has 2 heterocycles. The zero-order valence-corrected chi connectivity index (χ0v) is 17.3. The SMILES string of the molecule is Cc1ccc(-c2ccc(C=C3SC(=S)N(CCS(=O)(=O)O)C3=O)o2)c([N+](=O)[O-])c1. The van der Waals surface area contributed by atoms with Crippen LogP contribution in [0.5, 0.6) is 0 Å². The largest absolute Gasteiger partial charge is 0.456 e. The van der Waals surface area contributed by atoms with Crippen LogP contribution in [0.4, 0.5) is 5.69 Å². The highest BCUT2D eigenvalue weighted by molar-refractivity contribution is 8.26. The van der Waals surface area contributed by atoms with E-state index in [1.54, 1.807) is 31.2 Å². The molecule has 9 nitrogen and oxygen atoms in total. The van der Waals surface area contributed by atoms with E-state index in [9.17, 15) is 23.3 Å². The van der Waals surface area contributed by atoms with E-state index in [1.807, 2.05) is 0 Å². The number of furan rings is 1. The molecule has 1 N–H and O–H groups in total. The Morgan fingerprint density at radius 3 is 2.72 bits per heavy atom. The molecule has 152 valence electrons. The van der Waals surface area contributed by atoms with Gasteiger partial charge in [-0.05, 0) is 30.7 Å². The van der Waals surface area contributed by atoms with Gasteiger partial charge in [-0.2, -0.15) is 8.42 Å². The molecule has 0 unspecified atom stereocenters. The summed E-state index contributed by atoms with van der Waals surface area (Å²) in [5.41, 5.74) is 0.948. The van der Waals surface area contributed by atoms with Crippen LogP contribution >= 0.6 is 24.0 Å². The number of carbonyl (C=O) groups is 1. The van der Waals surface area contributed by atoms with Crippen LogP contribution in [0.3, 0.4) is 0 Å². The van der Waals surface area contributed by atoms with E-state index >= 15 is 0 Å². The van der Waals surface area contributed by atoms with Crippen molar-refractivity contribution >= 4 is 56.1 Å². The summed E-state index contributed by atoms with van der Waals surface area (Å²) in [6.07, 6.45) is 1.43. The Morgan fingerprint density at radius 2 is 2.07 bits per heavy atom. The van der Waals surface area contributed by atoms with E-state index in [0.29, 0.717) is 5.56 Å². The molecule has 12 heteroatoms. The Labute approximate surface area is 175 Å². The van der Waals surface area contributed by atoms with Gasteiger partial charge in [0.2, 0.25) is 0 Å². The summed E-state index contributed by atoms with van der Waals surface area (Å²) in [5.74, 6) is -0.591. The van der Waals surface area contributed by atoms with Crippen molar-refractivity contribution in [2.45, 2.75) is 6.92 Å². The molecule has 2 aromatic rings. The molecule has 1 amide bonds. The fraction of sp³-hybridized carbons (Fsp3) is 0.176. The average molecular weight is 455 g/mol. The van der Waals surface area contributed by atoms with E-state index in [4.69, 9.17) is 21.2 Å². The van der Waals surface area contributed by atoms with Gasteiger partial charge in [-0.15, -0.1) is 0 Å². The molecule has 0 spiro atoms. The molecule has 1 fully saturated rings. The van der Waals surface area contributed by atoms with Gasteiger partial charge in [-0.3, -0.25) is 24.4 Å². The summed E-state index contributed by atoms with van der Waals surface area (Å²) in [7, 11) is -4.23. The van der Waals surface area contributed by atoms with Gasteiger partial charge in [0.15, 0.2) is 0 Å². The highest BCUT2D eigenvalue weighted by Gasteiger charge is 2.33. The summed E-state index contributed by atoms with van der Waals surface area (Å²) < 4.78 is 36.5. The third kappa shape index (κ3) is 4.90. The molecule has 0 radical (unpaired) electrons. The van der Waals surface area contributed by atoms with Gasteiger partial charge in [-0.25, -0.2) is 0 Å². The van der Waals surface area contributed by atoms with Crippen LogP contribution in [0.2, 0.25) is 0 Å². The molecule has 1 saturated heterocycles. The number of hydrogen-bond donors (Lipinski definition) is 1. The first kappa shape index (κ1) is 21.2. The zero-order valence-electron chi connectivity index (χ0n) is 14.9. The van der Waals surface area contributed by atoms with Gasteiger partial charge in [0.1, 0.15) is 15.8 Å². The number of nitro benzene ring substituents is 1. The van der Waals surface area contributed by atoms with Crippen molar-refractivity contribution in [1.29, 1.82) is 0 Å².